The fraction of sp³-hybridized carbons (Fsp3) is 0.500. The molecule has 2 saturated heterocycles. The summed E-state index contributed by atoms with van der Waals surface area (Å²) in [4.78, 5) is 4.65. The van der Waals surface area contributed by atoms with E-state index in [1.54, 1.807) is 4.31 Å². The fourth-order valence-corrected chi connectivity index (χ4v) is 5.14. The third-order valence-electron chi connectivity index (χ3n) is 5.03. The zero-order valence-corrected chi connectivity index (χ0v) is 15.5. The van der Waals surface area contributed by atoms with Crippen LogP contribution in [0.2, 0.25) is 0 Å². The number of nitrogens with zero attached hydrogens (tertiary/aromatic N) is 3. The average molecular weight is 376 g/mol. The number of rotatable bonds is 4. The molecule has 0 amide bonds. The SMILES string of the molecule is O=S(=O)(N1CCOCC1)N1CCC(Nc2ccc3ccccc3n2)CC1. The Bertz CT molecular complexity index is 860. The van der Waals surface area contributed by atoms with Gasteiger partial charge in [-0.2, -0.15) is 17.0 Å². The predicted octanol–water partition coefficient (Wildman–Crippen LogP) is 1.69. The van der Waals surface area contributed by atoms with Crippen LogP contribution in [0, 0.1) is 0 Å². The summed E-state index contributed by atoms with van der Waals surface area (Å²) in [6.07, 6.45) is 1.55. The van der Waals surface area contributed by atoms with Gasteiger partial charge < -0.3 is 10.1 Å². The van der Waals surface area contributed by atoms with Crippen LogP contribution in [-0.4, -0.2) is 67.4 Å². The monoisotopic (exact) mass is 376 g/mol. The second kappa shape index (κ2) is 7.48. The number of hydrogen-bond acceptors (Lipinski definition) is 5. The Morgan fingerprint density at radius 1 is 0.962 bits per heavy atom. The van der Waals surface area contributed by atoms with Crippen LogP contribution in [0.25, 0.3) is 10.9 Å². The van der Waals surface area contributed by atoms with Crippen molar-refractivity contribution in [2.45, 2.75) is 18.9 Å². The van der Waals surface area contributed by atoms with Gasteiger partial charge >= 0.3 is 0 Å². The van der Waals surface area contributed by atoms with Crippen molar-refractivity contribution in [2.24, 2.45) is 0 Å². The Labute approximate surface area is 154 Å². The van der Waals surface area contributed by atoms with Gasteiger partial charge in [0.1, 0.15) is 5.82 Å². The lowest BCUT2D eigenvalue weighted by molar-refractivity contribution is 0.0697. The number of fused-ring (bicyclic) bond motifs is 1. The zero-order valence-electron chi connectivity index (χ0n) is 14.7. The van der Waals surface area contributed by atoms with Crippen molar-refractivity contribution in [3.8, 4) is 0 Å². The minimum Gasteiger partial charge on any atom is -0.379 e. The van der Waals surface area contributed by atoms with E-state index < -0.39 is 10.2 Å². The first-order chi connectivity index (χ1) is 12.6. The molecule has 0 bridgehead atoms. The zero-order chi connectivity index (χ0) is 18.0. The second-order valence-corrected chi connectivity index (χ2v) is 8.65. The van der Waals surface area contributed by atoms with Crippen LogP contribution >= 0.6 is 0 Å². The Morgan fingerprint density at radius 2 is 1.65 bits per heavy atom. The van der Waals surface area contributed by atoms with Crippen molar-refractivity contribution < 1.29 is 13.2 Å². The van der Waals surface area contributed by atoms with Gasteiger partial charge in [0.25, 0.3) is 10.2 Å². The Balaban J connectivity index is 1.37. The van der Waals surface area contributed by atoms with Gasteiger partial charge in [-0.15, -0.1) is 0 Å². The molecule has 1 N–H and O–H groups in total. The molecule has 0 unspecified atom stereocenters. The summed E-state index contributed by atoms with van der Waals surface area (Å²) in [5.74, 6) is 0.846. The number of ether oxygens (including phenoxy) is 1. The topological polar surface area (TPSA) is 74.8 Å². The molecule has 140 valence electrons. The van der Waals surface area contributed by atoms with Gasteiger partial charge in [0, 0.05) is 37.6 Å². The number of pyridine rings is 1. The van der Waals surface area contributed by atoms with Crippen LogP contribution in [0.4, 0.5) is 5.82 Å². The van der Waals surface area contributed by atoms with Crippen molar-refractivity contribution in [1.29, 1.82) is 0 Å². The number of aromatic nitrogens is 1. The highest BCUT2D eigenvalue weighted by Crippen LogP contribution is 2.21. The molecule has 0 aliphatic carbocycles. The third kappa shape index (κ3) is 3.68. The van der Waals surface area contributed by atoms with Crippen molar-refractivity contribution >= 4 is 26.9 Å². The van der Waals surface area contributed by atoms with Gasteiger partial charge in [0.15, 0.2) is 0 Å². The minimum absolute atomic E-state index is 0.236. The van der Waals surface area contributed by atoms with Crippen LogP contribution in [0.3, 0.4) is 0 Å². The van der Waals surface area contributed by atoms with E-state index in [1.807, 2.05) is 30.3 Å². The highest BCUT2D eigenvalue weighted by molar-refractivity contribution is 7.86. The molecule has 8 heteroatoms. The molecule has 0 saturated carbocycles. The van der Waals surface area contributed by atoms with E-state index in [0.717, 1.165) is 29.6 Å². The van der Waals surface area contributed by atoms with Gasteiger partial charge in [-0.25, -0.2) is 4.98 Å². The number of morpholine rings is 1. The lowest BCUT2D eigenvalue weighted by atomic mass is 10.1. The van der Waals surface area contributed by atoms with Crippen molar-refractivity contribution in [3.63, 3.8) is 0 Å². The largest absolute Gasteiger partial charge is 0.379 e. The van der Waals surface area contributed by atoms with Crippen molar-refractivity contribution in [2.75, 3.05) is 44.7 Å². The van der Waals surface area contributed by atoms with Crippen LogP contribution in [0.1, 0.15) is 12.8 Å². The van der Waals surface area contributed by atoms with E-state index in [1.165, 1.54) is 4.31 Å². The number of benzene rings is 1. The average Bonchev–Trinajstić information content (AvgIpc) is 2.69. The predicted molar refractivity (Wildman–Crippen MR) is 101 cm³/mol. The van der Waals surface area contributed by atoms with Gasteiger partial charge in [-0.1, -0.05) is 18.2 Å². The molecule has 2 aromatic rings. The molecule has 3 heterocycles. The summed E-state index contributed by atoms with van der Waals surface area (Å²) in [7, 11) is -3.37. The summed E-state index contributed by atoms with van der Waals surface area (Å²) in [5, 5.41) is 4.57. The normalized spacial score (nSPS) is 21.1. The molecule has 26 heavy (non-hydrogen) atoms. The molecule has 0 spiro atoms. The van der Waals surface area contributed by atoms with Crippen LogP contribution in [0.15, 0.2) is 36.4 Å². The second-order valence-electron chi connectivity index (χ2n) is 6.73. The molecule has 7 nitrogen and oxygen atoms in total. The van der Waals surface area contributed by atoms with E-state index in [2.05, 4.69) is 16.4 Å². The molecule has 1 aromatic carbocycles. The van der Waals surface area contributed by atoms with Gasteiger partial charge in [-0.3, -0.25) is 0 Å². The number of anilines is 1. The standard InChI is InChI=1S/C18H24N4O3S/c23-26(24,22-11-13-25-14-12-22)21-9-7-16(8-10-21)19-18-6-5-15-3-1-2-4-17(15)20-18/h1-6,16H,7-14H2,(H,19,20). The maximum absolute atomic E-state index is 12.7. The number of piperidine rings is 1. The van der Waals surface area contributed by atoms with Crippen molar-refractivity contribution in [1.82, 2.24) is 13.6 Å². The fourth-order valence-electron chi connectivity index (χ4n) is 3.53. The quantitative estimate of drug-likeness (QED) is 0.879. The lowest BCUT2D eigenvalue weighted by Crippen LogP contribution is -2.51. The maximum atomic E-state index is 12.7. The van der Waals surface area contributed by atoms with Gasteiger partial charge in [0.05, 0.1) is 18.7 Å². The first kappa shape index (κ1) is 17.7. The Kier molecular flexibility index (Phi) is 5.08. The molecule has 2 fully saturated rings. The number of para-hydroxylation sites is 1. The summed E-state index contributed by atoms with van der Waals surface area (Å²) < 4.78 is 33.8. The molecule has 2 aliphatic heterocycles. The molecular weight excluding hydrogens is 352 g/mol. The van der Waals surface area contributed by atoms with Crippen LogP contribution < -0.4 is 5.32 Å². The summed E-state index contributed by atoms with van der Waals surface area (Å²) in [6, 6.07) is 12.3. The van der Waals surface area contributed by atoms with Gasteiger partial charge in [0.2, 0.25) is 0 Å². The van der Waals surface area contributed by atoms with E-state index in [0.29, 0.717) is 39.4 Å². The summed E-state index contributed by atoms with van der Waals surface area (Å²) >= 11 is 0. The van der Waals surface area contributed by atoms with E-state index >= 15 is 0 Å². The summed E-state index contributed by atoms with van der Waals surface area (Å²) in [6.45, 7) is 2.91. The number of hydrogen-bond donors (Lipinski definition) is 1. The molecule has 4 rings (SSSR count). The first-order valence-corrected chi connectivity index (χ1v) is 10.5. The molecule has 0 atom stereocenters. The van der Waals surface area contributed by atoms with Crippen LogP contribution in [0.5, 0.6) is 0 Å². The van der Waals surface area contributed by atoms with Crippen LogP contribution in [-0.2, 0) is 14.9 Å². The van der Waals surface area contributed by atoms with E-state index in [-0.39, 0.29) is 6.04 Å². The Morgan fingerprint density at radius 3 is 2.42 bits per heavy atom. The molecule has 0 radical (unpaired) electrons. The maximum Gasteiger partial charge on any atom is 0.282 e. The molecule has 1 aromatic heterocycles. The lowest BCUT2D eigenvalue weighted by Gasteiger charge is -2.36. The van der Waals surface area contributed by atoms with Gasteiger partial charge in [-0.05, 0) is 31.0 Å². The van der Waals surface area contributed by atoms with E-state index in [4.69, 9.17) is 4.74 Å². The molecule has 2 aliphatic rings. The highest BCUT2D eigenvalue weighted by Gasteiger charge is 2.33. The minimum atomic E-state index is -3.37. The van der Waals surface area contributed by atoms with E-state index in [9.17, 15) is 8.42 Å². The summed E-state index contributed by atoms with van der Waals surface area (Å²) in [5.41, 5.74) is 0.963. The first-order valence-electron chi connectivity index (χ1n) is 9.08. The number of nitrogens with one attached hydrogen (secondary N) is 1. The smallest absolute Gasteiger partial charge is 0.282 e. The molecular formula is C18H24N4O3S. The highest BCUT2D eigenvalue weighted by atomic mass is 32.2. The Hall–Kier alpha value is -1.74. The van der Waals surface area contributed by atoms with Crippen molar-refractivity contribution in [3.05, 3.63) is 36.4 Å². The third-order valence-corrected chi connectivity index (χ3v) is 7.06.